The van der Waals surface area contributed by atoms with Crippen molar-refractivity contribution in [2.24, 2.45) is 0 Å². The van der Waals surface area contributed by atoms with E-state index < -0.39 is 4.92 Å². The van der Waals surface area contributed by atoms with E-state index in [1.54, 1.807) is 6.07 Å². The maximum absolute atomic E-state index is 11.1. The lowest BCUT2D eigenvalue weighted by Crippen LogP contribution is -2.12. The molecule has 0 radical (unpaired) electrons. The molecule has 0 bridgehead atoms. The standard InChI is InChI=1S/C16H16BrNO3/c1-12-7-8-16(15(9-12)18(19)20)21-11-14(10-17)13-5-3-2-4-6-13/h2-9,14H,10-11H2,1H3. The van der Waals surface area contributed by atoms with Crippen molar-refractivity contribution < 1.29 is 9.66 Å². The van der Waals surface area contributed by atoms with Crippen LogP contribution in [0.1, 0.15) is 17.0 Å². The lowest BCUT2D eigenvalue weighted by Gasteiger charge is -2.15. The van der Waals surface area contributed by atoms with Crippen molar-refractivity contribution >= 4 is 21.6 Å². The molecule has 21 heavy (non-hydrogen) atoms. The van der Waals surface area contributed by atoms with E-state index in [2.05, 4.69) is 15.9 Å². The first kappa shape index (κ1) is 15.5. The van der Waals surface area contributed by atoms with E-state index in [0.717, 1.165) is 16.5 Å². The second-order valence-electron chi connectivity index (χ2n) is 4.80. The maximum atomic E-state index is 11.1. The van der Waals surface area contributed by atoms with Crippen LogP contribution in [0.2, 0.25) is 0 Å². The molecule has 0 amide bonds. The number of nitro benzene ring substituents is 1. The zero-order chi connectivity index (χ0) is 15.2. The summed E-state index contributed by atoms with van der Waals surface area (Å²) in [5.41, 5.74) is 2.00. The third-order valence-electron chi connectivity index (χ3n) is 3.21. The summed E-state index contributed by atoms with van der Waals surface area (Å²) in [4.78, 5) is 10.7. The Morgan fingerprint density at radius 2 is 1.95 bits per heavy atom. The summed E-state index contributed by atoms with van der Waals surface area (Å²) in [5, 5.41) is 11.8. The van der Waals surface area contributed by atoms with E-state index in [1.165, 1.54) is 6.07 Å². The summed E-state index contributed by atoms with van der Waals surface area (Å²) >= 11 is 3.47. The Labute approximate surface area is 132 Å². The molecular weight excluding hydrogens is 334 g/mol. The van der Waals surface area contributed by atoms with Crippen LogP contribution in [0.4, 0.5) is 5.69 Å². The molecule has 4 nitrogen and oxygen atoms in total. The molecule has 0 aliphatic heterocycles. The highest BCUT2D eigenvalue weighted by Crippen LogP contribution is 2.29. The van der Waals surface area contributed by atoms with Crippen LogP contribution in [-0.4, -0.2) is 16.9 Å². The van der Waals surface area contributed by atoms with E-state index in [-0.39, 0.29) is 11.6 Å². The molecule has 0 aliphatic carbocycles. The zero-order valence-corrected chi connectivity index (χ0v) is 13.2. The predicted octanol–water partition coefficient (Wildman–Crippen LogP) is 4.46. The Kier molecular flexibility index (Phi) is 5.33. The number of halogens is 1. The largest absolute Gasteiger partial charge is 0.486 e. The Bertz CT molecular complexity index is 616. The third kappa shape index (κ3) is 4.04. The molecule has 0 heterocycles. The molecular formula is C16H16BrNO3. The highest BCUT2D eigenvalue weighted by molar-refractivity contribution is 9.09. The summed E-state index contributed by atoms with van der Waals surface area (Å²) in [6.45, 7) is 2.21. The fourth-order valence-corrected chi connectivity index (χ4v) is 2.60. The molecule has 0 aliphatic rings. The minimum absolute atomic E-state index is 0.0105. The summed E-state index contributed by atoms with van der Waals surface area (Å²) in [6.07, 6.45) is 0. The van der Waals surface area contributed by atoms with E-state index in [9.17, 15) is 10.1 Å². The molecule has 5 heteroatoms. The number of hydrogen-bond donors (Lipinski definition) is 0. The van der Waals surface area contributed by atoms with E-state index in [1.807, 2.05) is 43.3 Å². The molecule has 110 valence electrons. The van der Waals surface area contributed by atoms with Gasteiger partial charge in [-0.2, -0.15) is 0 Å². The molecule has 2 aromatic carbocycles. The number of nitro groups is 1. The van der Waals surface area contributed by atoms with Gasteiger partial charge in [0.25, 0.3) is 0 Å². The summed E-state index contributed by atoms with van der Waals surface area (Å²) in [6, 6.07) is 15.0. The minimum atomic E-state index is -0.409. The molecule has 0 N–H and O–H groups in total. The van der Waals surface area contributed by atoms with Crippen LogP contribution >= 0.6 is 15.9 Å². The second kappa shape index (κ2) is 7.22. The van der Waals surface area contributed by atoms with Crippen molar-refractivity contribution in [1.29, 1.82) is 0 Å². The number of benzene rings is 2. The van der Waals surface area contributed by atoms with Crippen molar-refractivity contribution in [3.8, 4) is 5.75 Å². The molecule has 0 spiro atoms. The Hall–Kier alpha value is -1.88. The summed E-state index contributed by atoms with van der Waals surface area (Å²) in [5.74, 6) is 0.458. The van der Waals surface area contributed by atoms with Gasteiger partial charge in [0, 0.05) is 17.3 Å². The van der Waals surface area contributed by atoms with Crippen LogP contribution < -0.4 is 4.74 Å². The minimum Gasteiger partial charge on any atom is -0.486 e. The SMILES string of the molecule is Cc1ccc(OCC(CBr)c2ccccc2)c([N+](=O)[O-])c1. The molecule has 0 aromatic heterocycles. The normalized spacial score (nSPS) is 11.9. The van der Waals surface area contributed by atoms with Crippen LogP contribution in [0.25, 0.3) is 0 Å². The number of rotatable bonds is 6. The van der Waals surface area contributed by atoms with Gasteiger partial charge in [0.2, 0.25) is 0 Å². The van der Waals surface area contributed by atoms with Gasteiger partial charge in [0.05, 0.1) is 11.5 Å². The fraction of sp³-hybridized carbons (Fsp3) is 0.250. The van der Waals surface area contributed by atoms with Crippen molar-refractivity contribution in [2.45, 2.75) is 12.8 Å². The predicted molar refractivity (Wildman–Crippen MR) is 86.3 cm³/mol. The van der Waals surface area contributed by atoms with Crippen molar-refractivity contribution in [2.75, 3.05) is 11.9 Å². The number of alkyl halides is 1. The van der Waals surface area contributed by atoms with Crippen molar-refractivity contribution in [1.82, 2.24) is 0 Å². The van der Waals surface area contributed by atoms with Gasteiger partial charge < -0.3 is 4.74 Å². The van der Waals surface area contributed by atoms with Gasteiger partial charge in [-0.3, -0.25) is 10.1 Å². The first-order valence-corrected chi connectivity index (χ1v) is 7.72. The average Bonchev–Trinajstić information content (AvgIpc) is 2.50. The Morgan fingerprint density at radius 1 is 1.24 bits per heavy atom. The number of ether oxygens (including phenoxy) is 1. The lowest BCUT2D eigenvalue weighted by atomic mass is 10.0. The molecule has 2 aromatic rings. The number of aryl methyl sites for hydroxylation is 1. The van der Waals surface area contributed by atoms with Gasteiger partial charge in [0.1, 0.15) is 0 Å². The molecule has 0 saturated heterocycles. The van der Waals surface area contributed by atoms with Crippen LogP contribution in [0.15, 0.2) is 48.5 Å². The van der Waals surface area contributed by atoms with Gasteiger partial charge in [-0.05, 0) is 24.1 Å². The quantitative estimate of drug-likeness (QED) is 0.439. The average molecular weight is 350 g/mol. The molecule has 1 unspecified atom stereocenters. The van der Waals surface area contributed by atoms with E-state index in [4.69, 9.17) is 4.74 Å². The Morgan fingerprint density at radius 3 is 2.57 bits per heavy atom. The lowest BCUT2D eigenvalue weighted by molar-refractivity contribution is -0.385. The molecule has 2 rings (SSSR count). The second-order valence-corrected chi connectivity index (χ2v) is 5.45. The Balaban J connectivity index is 2.14. The van der Waals surface area contributed by atoms with Gasteiger partial charge in [-0.15, -0.1) is 0 Å². The molecule has 0 saturated carbocycles. The number of hydrogen-bond acceptors (Lipinski definition) is 3. The van der Waals surface area contributed by atoms with E-state index >= 15 is 0 Å². The van der Waals surface area contributed by atoms with Crippen LogP contribution in [0, 0.1) is 17.0 Å². The van der Waals surface area contributed by atoms with Crippen LogP contribution in [0.5, 0.6) is 5.75 Å². The van der Waals surface area contributed by atoms with Gasteiger partial charge in [-0.1, -0.05) is 52.3 Å². The van der Waals surface area contributed by atoms with E-state index in [0.29, 0.717) is 12.4 Å². The summed E-state index contributed by atoms with van der Waals surface area (Å²) in [7, 11) is 0. The molecule has 1 atom stereocenters. The van der Waals surface area contributed by atoms with Crippen LogP contribution in [-0.2, 0) is 0 Å². The third-order valence-corrected chi connectivity index (χ3v) is 3.99. The number of nitrogens with zero attached hydrogens (tertiary/aromatic N) is 1. The van der Waals surface area contributed by atoms with Crippen molar-refractivity contribution in [3.63, 3.8) is 0 Å². The smallest absolute Gasteiger partial charge is 0.311 e. The van der Waals surface area contributed by atoms with Crippen molar-refractivity contribution in [3.05, 3.63) is 69.8 Å². The van der Waals surface area contributed by atoms with Gasteiger partial charge in [0.15, 0.2) is 5.75 Å². The molecule has 0 fully saturated rings. The fourth-order valence-electron chi connectivity index (χ4n) is 2.04. The summed E-state index contributed by atoms with van der Waals surface area (Å²) < 4.78 is 5.69. The highest BCUT2D eigenvalue weighted by Gasteiger charge is 2.17. The maximum Gasteiger partial charge on any atom is 0.311 e. The highest BCUT2D eigenvalue weighted by atomic mass is 79.9. The topological polar surface area (TPSA) is 52.4 Å². The first-order valence-electron chi connectivity index (χ1n) is 6.60. The first-order chi connectivity index (χ1) is 10.1. The zero-order valence-electron chi connectivity index (χ0n) is 11.7. The monoisotopic (exact) mass is 349 g/mol. The van der Waals surface area contributed by atoms with Crippen LogP contribution in [0.3, 0.4) is 0 Å². The van der Waals surface area contributed by atoms with Gasteiger partial charge in [-0.25, -0.2) is 0 Å². The van der Waals surface area contributed by atoms with Gasteiger partial charge >= 0.3 is 5.69 Å².